The highest BCUT2D eigenvalue weighted by Crippen LogP contribution is 2.23. The molecular formula is C14H17N3O3. The first-order valence-electron chi connectivity index (χ1n) is 6.24. The van der Waals surface area contributed by atoms with Crippen LogP contribution in [0, 0.1) is 6.92 Å². The number of nitrogens with one attached hydrogen (secondary N) is 2. The summed E-state index contributed by atoms with van der Waals surface area (Å²) in [4.78, 5) is 12.0. The van der Waals surface area contributed by atoms with Crippen molar-refractivity contribution in [2.24, 2.45) is 0 Å². The van der Waals surface area contributed by atoms with E-state index in [9.17, 15) is 4.79 Å². The second-order valence-corrected chi connectivity index (χ2v) is 4.38. The fourth-order valence-corrected chi connectivity index (χ4v) is 1.72. The van der Waals surface area contributed by atoms with E-state index in [2.05, 4.69) is 15.8 Å². The summed E-state index contributed by atoms with van der Waals surface area (Å²) in [5.74, 6) is 1.53. The Balaban J connectivity index is 2.00. The van der Waals surface area contributed by atoms with Crippen LogP contribution in [0.15, 0.2) is 34.9 Å². The molecule has 6 nitrogen and oxygen atoms in total. The number of hydrogen-bond donors (Lipinski definition) is 2. The van der Waals surface area contributed by atoms with Gasteiger partial charge in [0.2, 0.25) is 5.91 Å². The first-order chi connectivity index (χ1) is 9.60. The number of amides is 1. The number of aryl methyl sites for hydroxylation is 1. The van der Waals surface area contributed by atoms with E-state index in [1.54, 1.807) is 27.0 Å². The van der Waals surface area contributed by atoms with Gasteiger partial charge < -0.3 is 19.9 Å². The molecule has 106 valence electrons. The molecule has 2 N–H and O–H groups in total. The van der Waals surface area contributed by atoms with Crippen LogP contribution in [0.4, 0.5) is 11.5 Å². The number of hydrogen-bond acceptors (Lipinski definition) is 5. The predicted octanol–water partition coefficient (Wildman–Crippen LogP) is 2.43. The number of aromatic nitrogens is 1. The van der Waals surface area contributed by atoms with Crippen LogP contribution < -0.4 is 15.4 Å². The largest absolute Gasteiger partial charge is 0.495 e. The minimum atomic E-state index is -0.441. The zero-order valence-electron chi connectivity index (χ0n) is 11.6. The fraction of sp³-hybridized carbons (Fsp3) is 0.286. The minimum Gasteiger partial charge on any atom is -0.495 e. The molecule has 2 aromatic rings. The molecule has 0 fully saturated rings. The highest BCUT2D eigenvalue weighted by Gasteiger charge is 2.15. The zero-order chi connectivity index (χ0) is 14.5. The Morgan fingerprint density at radius 3 is 2.80 bits per heavy atom. The van der Waals surface area contributed by atoms with E-state index in [1.165, 1.54) is 0 Å². The quantitative estimate of drug-likeness (QED) is 0.876. The second-order valence-electron chi connectivity index (χ2n) is 4.38. The number of para-hydroxylation sites is 2. The van der Waals surface area contributed by atoms with Crippen molar-refractivity contribution in [3.63, 3.8) is 0 Å². The van der Waals surface area contributed by atoms with Crippen molar-refractivity contribution in [1.82, 2.24) is 5.16 Å². The molecule has 0 spiro atoms. The number of carbonyl (C=O) groups is 1. The van der Waals surface area contributed by atoms with Crippen LogP contribution >= 0.6 is 0 Å². The Morgan fingerprint density at radius 2 is 2.15 bits per heavy atom. The zero-order valence-corrected chi connectivity index (χ0v) is 11.6. The molecule has 6 heteroatoms. The number of benzene rings is 1. The Bertz CT molecular complexity index is 595. The smallest absolute Gasteiger partial charge is 0.247 e. The lowest BCUT2D eigenvalue weighted by Gasteiger charge is -2.16. The molecule has 0 saturated carbocycles. The summed E-state index contributed by atoms with van der Waals surface area (Å²) in [6.45, 7) is 3.52. The van der Waals surface area contributed by atoms with Crippen molar-refractivity contribution in [3.8, 4) is 5.75 Å². The highest BCUT2D eigenvalue weighted by atomic mass is 16.5. The Morgan fingerprint density at radius 1 is 1.40 bits per heavy atom. The fourth-order valence-electron chi connectivity index (χ4n) is 1.72. The van der Waals surface area contributed by atoms with Gasteiger partial charge >= 0.3 is 0 Å². The molecule has 0 radical (unpaired) electrons. The average molecular weight is 275 g/mol. The average Bonchev–Trinajstić information content (AvgIpc) is 2.84. The van der Waals surface area contributed by atoms with Crippen molar-refractivity contribution >= 4 is 17.4 Å². The van der Waals surface area contributed by atoms with E-state index < -0.39 is 6.04 Å². The van der Waals surface area contributed by atoms with Gasteiger partial charge in [0.05, 0.1) is 12.8 Å². The molecule has 1 aromatic carbocycles. The van der Waals surface area contributed by atoms with Crippen LogP contribution in [-0.4, -0.2) is 24.2 Å². The molecule has 1 heterocycles. The first kappa shape index (κ1) is 13.9. The molecular weight excluding hydrogens is 258 g/mol. The number of carbonyl (C=O) groups excluding carboxylic acids is 1. The third kappa shape index (κ3) is 3.28. The van der Waals surface area contributed by atoms with Gasteiger partial charge in [-0.2, -0.15) is 0 Å². The first-order valence-corrected chi connectivity index (χ1v) is 6.24. The van der Waals surface area contributed by atoms with Crippen molar-refractivity contribution < 1.29 is 14.1 Å². The SMILES string of the molecule is COc1ccccc1NC(C)C(=O)Nc1cc(C)on1. The topological polar surface area (TPSA) is 76.4 Å². The maximum atomic E-state index is 12.0. The van der Waals surface area contributed by atoms with E-state index in [1.807, 2.05) is 24.3 Å². The van der Waals surface area contributed by atoms with Crippen molar-refractivity contribution in [3.05, 3.63) is 36.1 Å². The second kappa shape index (κ2) is 6.10. The summed E-state index contributed by atoms with van der Waals surface area (Å²) in [5.41, 5.74) is 0.758. The Labute approximate surface area is 117 Å². The van der Waals surface area contributed by atoms with Crippen molar-refractivity contribution in [2.75, 3.05) is 17.7 Å². The van der Waals surface area contributed by atoms with Gasteiger partial charge in [-0.15, -0.1) is 0 Å². The molecule has 1 aromatic heterocycles. The van der Waals surface area contributed by atoms with Crippen molar-refractivity contribution in [2.45, 2.75) is 19.9 Å². The van der Waals surface area contributed by atoms with Gasteiger partial charge in [0, 0.05) is 6.07 Å². The van der Waals surface area contributed by atoms with Crippen LogP contribution in [-0.2, 0) is 4.79 Å². The maximum absolute atomic E-state index is 12.0. The molecule has 0 aliphatic rings. The molecule has 2 rings (SSSR count). The molecule has 1 atom stereocenters. The number of anilines is 2. The third-order valence-electron chi connectivity index (χ3n) is 2.75. The van der Waals surface area contributed by atoms with Crippen LogP contribution in [0.1, 0.15) is 12.7 Å². The van der Waals surface area contributed by atoms with E-state index in [4.69, 9.17) is 9.26 Å². The molecule has 20 heavy (non-hydrogen) atoms. The van der Waals surface area contributed by atoms with Gasteiger partial charge in [0.1, 0.15) is 17.6 Å². The maximum Gasteiger partial charge on any atom is 0.247 e. The van der Waals surface area contributed by atoms with Crippen LogP contribution in [0.2, 0.25) is 0 Å². The van der Waals surface area contributed by atoms with Gasteiger partial charge in [-0.05, 0) is 26.0 Å². The molecule has 1 unspecified atom stereocenters. The van der Waals surface area contributed by atoms with E-state index in [0.717, 1.165) is 5.69 Å². The molecule has 0 aliphatic heterocycles. The Hall–Kier alpha value is -2.50. The molecule has 0 saturated heterocycles. The normalized spacial score (nSPS) is 11.8. The van der Waals surface area contributed by atoms with Crippen LogP contribution in [0.3, 0.4) is 0 Å². The highest BCUT2D eigenvalue weighted by molar-refractivity contribution is 5.95. The van der Waals surface area contributed by atoms with E-state index in [0.29, 0.717) is 17.3 Å². The number of nitrogens with zero attached hydrogens (tertiary/aromatic N) is 1. The summed E-state index contributed by atoms with van der Waals surface area (Å²) in [5, 5.41) is 9.49. The standard InChI is InChI=1S/C14H17N3O3/c1-9-8-13(17-20-9)16-14(18)10(2)15-11-6-4-5-7-12(11)19-3/h4-8,10,15H,1-3H3,(H,16,17,18). The lowest BCUT2D eigenvalue weighted by atomic mass is 10.2. The molecule has 1 amide bonds. The number of rotatable bonds is 5. The predicted molar refractivity (Wildman–Crippen MR) is 75.9 cm³/mol. The summed E-state index contributed by atoms with van der Waals surface area (Å²) in [6, 6.07) is 8.64. The molecule has 0 bridgehead atoms. The third-order valence-corrected chi connectivity index (χ3v) is 2.75. The summed E-state index contributed by atoms with van der Waals surface area (Å²) in [6.07, 6.45) is 0. The summed E-state index contributed by atoms with van der Waals surface area (Å²) in [7, 11) is 1.59. The lowest BCUT2D eigenvalue weighted by molar-refractivity contribution is -0.116. The van der Waals surface area contributed by atoms with Gasteiger partial charge in [0.15, 0.2) is 5.82 Å². The minimum absolute atomic E-state index is 0.204. The van der Waals surface area contributed by atoms with Crippen LogP contribution in [0.25, 0.3) is 0 Å². The van der Waals surface area contributed by atoms with Gasteiger partial charge in [0.25, 0.3) is 0 Å². The monoisotopic (exact) mass is 275 g/mol. The lowest BCUT2D eigenvalue weighted by Crippen LogP contribution is -2.32. The molecule has 0 aliphatic carbocycles. The number of ether oxygens (including phenoxy) is 1. The van der Waals surface area contributed by atoms with Crippen LogP contribution in [0.5, 0.6) is 5.75 Å². The van der Waals surface area contributed by atoms with E-state index >= 15 is 0 Å². The van der Waals surface area contributed by atoms with Crippen molar-refractivity contribution in [1.29, 1.82) is 0 Å². The van der Waals surface area contributed by atoms with Gasteiger partial charge in [-0.25, -0.2) is 0 Å². The number of methoxy groups -OCH3 is 1. The van der Waals surface area contributed by atoms with Gasteiger partial charge in [-0.3, -0.25) is 4.79 Å². The summed E-state index contributed by atoms with van der Waals surface area (Å²) < 4.78 is 10.1. The van der Waals surface area contributed by atoms with E-state index in [-0.39, 0.29) is 5.91 Å². The summed E-state index contributed by atoms with van der Waals surface area (Å²) >= 11 is 0. The Kier molecular flexibility index (Phi) is 4.24. The van der Waals surface area contributed by atoms with Gasteiger partial charge in [-0.1, -0.05) is 17.3 Å².